The molecule has 3 atom stereocenters. The fourth-order valence-corrected chi connectivity index (χ4v) is 3.49. The van der Waals surface area contributed by atoms with Crippen molar-refractivity contribution in [2.24, 2.45) is 28.6 Å². The second-order valence-electron chi connectivity index (χ2n) is 6.26. The third-order valence-corrected chi connectivity index (χ3v) is 5.15. The molecule has 2 rings (SSSR count). The SMILES string of the molecule is CC1CCC(N2CCC(C(N)=NO)CC2)CC1C. The van der Waals surface area contributed by atoms with E-state index in [2.05, 4.69) is 23.9 Å². The van der Waals surface area contributed by atoms with Gasteiger partial charge in [0.1, 0.15) is 5.84 Å². The van der Waals surface area contributed by atoms with E-state index in [0.29, 0.717) is 5.84 Å². The molecular formula is C14H27N3O. The molecule has 0 amide bonds. The summed E-state index contributed by atoms with van der Waals surface area (Å²) in [7, 11) is 0. The molecule has 0 bridgehead atoms. The van der Waals surface area contributed by atoms with E-state index in [1.807, 2.05) is 0 Å². The number of hydrogen-bond donors (Lipinski definition) is 2. The van der Waals surface area contributed by atoms with Crippen molar-refractivity contribution < 1.29 is 5.21 Å². The minimum atomic E-state index is 0.284. The Morgan fingerprint density at radius 1 is 1.11 bits per heavy atom. The Morgan fingerprint density at radius 3 is 2.33 bits per heavy atom. The van der Waals surface area contributed by atoms with Gasteiger partial charge in [-0.15, -0.1) is 0 Å². The Bertz CT molecular complexity index is 297. The minimum absolute atomic E-state index is 0.284. The first-order chi connectivity index (χ1) is 8.61. The Balaban J connectivity index is 1.83. The standard InChI is InChI=1S/C14H27N3O/c1-10-3-4-13(9-11(10)2)17-7-5-12(6-8-17)14(15)16-18/h10-13,18H,3-9H2,1-2H3,(H2,15,16). The predicted octanol–water partition coefficient (Wildman–Crippen LogP) is 2.27. The lowest BCUT2D eigenvalue weighted by Gasteiger charge is -2.42. The van der Waals surface area contributed by atoms with Gasteiger partial charge in [0.15, 0.2) is 0 Å². The third kappa shape index (κ3) is 2.97. The van der Waals surface area contributed by atoms with Crippen LogP contribution in [0.2, 0.25) is 0 Å². The van der Waals surface area contributed by atoms with Gasteiger partial charge in [0, 0.05) is 12.0 Å². The summed E-state index contributed by atoms with van der Waals surface area (Å²) in [5.74, 6) is 2.44. The summed E-state index contributed by atoms with van der Waals surface area (Å²) in [5.41, 5.74) is 5.69. The number of hydrogen-bond acceptors (Lipinski definition) is 3. The molecule has 104 valence electrons. The van der Waals surface area contributed by atoms with Gasteiger partial charge < -0.3 is 15.8 Å². The molecule has 0 aromatic carbocycles. The van der Waals surface area contributed by atoms with Crippen LogP contribution in [0.4, 0.5) is 0 Å². The van der Waals surface area contributed by atoms with Crippen LogP contribution in [0.25, 0.3) is 0 Å². The molecule has 0 spiro atoms. The van der Waals surface area contributed by atoms with Gasteiger partial charge >= 0.3 is 0 Å². The Labute approximate surface area is 110 Å². The topological polar surface area (TPSA) is 61.8 Å². The van der Waals surface area contributed by atoms with Crippen LogP contribution in [0.15, 0.2) is 5.16 Å². The zero-order chi connectivity index (χ0) is 13.1. The van der Waals surface area contributed by atoms with Crippen molar-refractivity contribution >= 4 is 5.84 Å². The quantitative estimate of drug-likeness (QED) is 0.343. The van der Waals surface area contributed by atoms with Gasteiger partial charge in [-0.3, -0.25) is 0 Å². The number of nitrogens with zero attached hydrogens (tertiary/aromatic N) is 2. The summed E-state index contributed by atoms with van der Waals surface area (Å²) in [6, 6.07) is 0.768. The van der Waals surface area contributed by atoms with Crippen molar-refractivity contribution in [3.05, 3.63) is 0 Å². The highest BCUT2D eigenvalue weighted by atomic mass is 16.4. The largest absolute Gasteiger partial charge is 0.409 e. The molecule has 3 unspecified atom stereocenters. The fourth-order valence-electron chi connectivity index (χ4n) is 3.49. The highest BCUT2D eigenvalue weighted by molar-refractivity contribution is 5.82. The molecule has 4 nitrogen and oxygen atoms in total. The lowest BCUT2D eigenvalue weighted by atomic mass is 9.78. The maximum Gasteiger partial charge on any atom is 0.142 e. The molecule has 1 saturated heterocycles. The van der Waals surface area contributed by atoms with E-state index in [4.69, 9.17) is 10.9 Å². The normalized spacial score (nSPS) is 36.8. The zero-order valence-electron chi connectivity index (χ0n) is 11.7. The molecule has 0 radical (unpaired) electrons. The Kier molecular flexibility index (Phi) is 4.49. The lowest BCUT2D eigenvalue weighted by molar-refractivity contribution is 0.0843. The molecule has 2 fully saturated rings. The summed E-state index contributed by atoms with van der Waals surface area (Å²) in [4.78, 5) is 2.63. The molecule has 0 aromatic rings. The summed E-state index contributed by atoms with van der Waals surface area (Å²) in [5, 5.41) is 11.9. The van der Waals surface area contributed by atoms with Gasteiger partial charge in [-0.2, -0.15) is 0 Å². The van der Waals surface area contributed by atoms with Crippen LogP contribution >= 0.6 is 0 Å². The first-order valence-electron chi connectivity index (χ1n) is 7.33. The smallest absolute Gasteiger partial charge is 0.142 e. The minimum Gasteiger partial charge on any atom is -0.409 e. The zero-order valence-corrected chi connectivity index (χ0v) is 11.7. The Morgan fingerprint density at radius 2 is 1.78 bits per heavy atom. The van der Waals surface area contributed by atoms with Crippen molar-refractivity contribution in [3.8, 4) is 0 Å². The first kappa shape index (κ1) is 13.7. The van der Waals surface area contributed by atoms with Gasteiger partial charge in [0.2, 0.25) is 0 Å². The molecule has 1 aliphatic carbocycles. The Hall–Kier alpha value is -0.770. The van der Waals surface area contributed by atoms with Crippen molar-refractivity contribution in [2.75, 3.05) is 13.1 Å². The van der Waals surface area contributed by atoms with Crippen LogP contribution in [-0.4, -0.2) is 35.1 Å². The number of piperidine rings is 1. The van der Waals surface area contributed by atoms with Crippen LogP contribution in [0.3, 0.4) is 0 Å². The van der Waals surface area contributed by atoms with Crippen LogP contribution < -0.4 is 5.73 Å². The second-order valence-corrected chi connectivity index (χ2v) is 6.26. The average molecular weight is 253 g/mol. The molecule has 1 saturated carbocycles. The van der Waals surface area contributed by atoms with E-state index < -0.39 is 0 Å². The maximum absolute atomic E-state index is 8.71. The lowest BCUT2D eigenvalue weighted by Crippen LogP contribution is -2.46. The summed E-state index contributed by atoms with van der Waals surface area (Å²) in [6.07, 6.45) is 6.13. The summed E-state index contributed by atoms with van der Waals surface area (Å²) in [6.45, 7) is 6.98. The first-order valence-corrected chi connectivity index (χ1v) is 7.33. The fraction of sp³-hybridized carbons (Fsp3) is 0.929. The van der Waals surface area contributed by atoms with Gasteiger partial charge in [-0.25, -0.2) is 0 Å². The van der Waals surface area contributed by atoms with E-state index in [9.17, 15) is 0 Å². The predicted molar refractivity (Wildman–Crippen MR) is 73.7 cm³/mol. The highest BCUT2D eigenvalue weighted by Crippen LogP contribution is 2.33. The van der Waals surface area contributed by atoms with Crippen LogP contribution in [0.5, 0.6) is 0 Å². The molecule has 18 heavy (non-hydrogen) atoms. The van der Waals surface area contributed by atoms with Crippen molar-refractivity contribution in [3.63, 3.8) is 0 Å². The molecule has 1 heterocycles. The van der Waals surface area contributed by atoms with E-state index >= 15 is 0 Å². The van der Waals surface area contributed by atoms with Crippen LogP contribution in [0, 0.1) is 17.8 Å². The van der Waals surface area contributed by atoms with Crippen molar-refractivity contribution in [1.29, 1.82) is 0 Å². The number of rotatable bonds is 2. The van der Waals surface area contributed by atoms with Crippen molar-refractivity contribution in [2.45, 2.75) is 52.0 Å². The van der Waals surface area contributed by atoms with Gasteiger partial charge in [0.25, 0.3) is 0 Å². The van der Waals surface area contributed by atoms with Crippen LogP contribution in [0.1, 0.15) is 46.0 Å². The molecule has 0 aromatic heterocycles. The number of nitrogens with two attached hydrogens (primary N) is 1. The van der Waals surface area contributed by atoms with E-state index in [1.165, 1.54) is 19.3 Å². The van der Waals surface area contributed by atoms with Crippen molar-refractivity contribution in [1.82, 2.24) is 4.90 Å². The summed E-state index contributed by atoms with van der Waals surface area (Å²) < 4.78 is 0. The molecule has 4 heteroatoms. The third-order valence-electron chi connectivity index (χ3n) is 5.15. The number of amidine groups is 1. The summed E-state index contributed by atoms with van der Waals surface area (Å²) >= 11 is 0. The number of likely N-dealkylation sites (tertiary alicyclic amines) is 1. The van der Waals surface area contributed by atoms with E-state index in [-0.39, 0.29) is 5.92 Å². The molecule has 3 N–H and O–H groups in total. The van der Waals surface area contributed by atoms with E-state index in [0.717, 1.165) is 43.8 Å². The maximum atomic E-state index is 8.71. The molecular weight excluding hydrogens is 226 g/mol. The van der Waals surface area contributed by atoms with Gasteiger partial charge in [-0.05, 0) is 57.0 Å². The second kappa shape index (κ2) is 5.91. The highest BCUT2D eigenvalue weighted by Gasteiger charge is 2.31. The monoisotopic (exact) mass is 253 g/mol. The van der Waals surface area contributed by atoms with Crippen LogP contribution in [-0.2, 0) is 0 Å². The molecule has 1 aliphatic heterocycles. The van der Waals surface area contributed by atoms with E-state index in [1.54, 1.807) is 0 Å². The van der Waals surface area contributed by atoms with Gasteiger partial charge in [-0.1, -0.05) is 19.0 Å². The van der Waals surface area contributed by atoms with Gasteiger partial charge in [0.05, 0.1) is 0 Å². The average Bonchev–Trinajstić information content (AvgIpc) is 2.41. The molecule has 2 aliphatic rings. The number of oxime groups is 1.